The van der Waals surface area contributed by atoms with Crippen LogP contribution in [0.5, 0.6) is 0 Å². The molecule has 0 aliphatic rings. The number of hydrogen-bond acceptors (Lipinski definition) is 3. The standard InChI is InChI=1S/C12H15FN2OS/c1-2-6-17-7-5-15-12(16)9-3-4-10(13)11(14)8-9/h2-4,8H,1,5-7,14H2,(H,15,16). The Morgan fingerprint density at radius 3 is 3.00 bits per heavy atom. The van der Waals surface area contributed by atoms with Gasteiger partial charge in [0, 0.05) is 23.6 Å². The maximum atomic E-state index is 12.9. The van der Waals surface area contributed by atoms with Crippen molar-refractivity contribution in [3.63, 3.8) is 0 Å². The van der Waals surface area contributed by atoms with Crippen molar-refractivity contribution in [2.75, 3.05) is 23.8 Å². The fraction of sp³-hybridized carbons (Fsp3) is 0.250. The lowest BCUT2D eigenvalue weighted by atomic mass is 10.2. The van der Waals surface area contributed by atoms with Crippen molar-refractivity contribution in [3.8, 4) is 0 Å². The van der Waals surface area contributed by atoms with Crippen LogP contribution in [0.4, 0.5) is 10.1 Å². The number of nitrogens with one attached hydrogen (secondary N) is 1. The molecule has 1 aromatic carbocycles. The number of carbonyl (C=O) groups is 1. The van der Waals surface area contributed by atoms with Crippen LogP contribution in [0.2, 0.25) is 0 Å². The molecule has 0 heterocycles. The van der Waals surface area contributed by atoms with Gasteiger partial charge in [0.25, 0.3) is 5.91 Å². The monoisotopic (exact) mass is 254 g/mol. The molecule has 0 unspecified atom stereocenters. The predicted octanol–water partition coefficient (Wildman–Crippen LogP) is 2.06. The molecule has 17 heavy (non-hydrogen) atoms. The second-order valence-corrected chi connectivity index (χ2v) is 4.51. The Labute approximate surface area is 104 Å². The van der Waals surface area contributed by atoms with Crippen molar-refractivity contribution in [2.45, 2.75) is 0 Å². The van der Waals surface area contributed by atoms with E-state index in [-0.39, 0.29) is 11.6 Å². The van der Waals surface area contributed by atoms with Crippen molar-refractivity contribution in [2.24, 2.45) is 0 Å². The summed E-state index contributed by atoms with van der Waals surface area (Å²) in [5, 5.41) is 2.73. The summed E-state index contributed by atoms with van der Waals surface area (Å²) in [6.45, 7) is 4.17. The first-order valence-electron chi connectivity index (χ1n) is 5.17. The molecule has 0 bridgehead atoms. The van der Waals surface area contributed by atoms with Crippen LogP contribution in [0.3, 0.4) is 0 Å². The van der Waals surface area contributed by atoms with Crippen molar-refractivity contribution in [1.82, 2.24) is 5.32 Å². The Morgan fingerprint density at radius 2 is 2.35 bits per heavy atom. The van der Waals surface area contributed by atoms with E-state index in [1.807, 2.05) is 6.08 Å². The van der Waals surface area contributed by atoms with Gasteiger partial charge in [0.2, 0.25) is 0 Å². The molecule has 0 spiro atoms. The van der Waals surface area contributed by atoms with E-state index in [2.05, 4.69) is 11.9 Å². The maximum absolute atomic E-state index is 12.9. The first-order valence-corrected chi connectivity index (χ1v) is 6.32. The molecule has 92 valence electrons. The van der Waals surface area contributed by atoms with Crippen LogP contribution in [-0.4, -0.2) is 24.0 Å². The quantitative estimate of drug-likeness (QED) is 0.464. The second-order valence-electron chi connectivity index (χ2n) is 3.36. The number of anilines is 1. The van der Waals surface area contributed by atoms with Gasteiger partial charge in [0.05, 0.1) is 5.69 Å². The van der Waals surface area contributed by atoms with Crippen molar-refractivity contribution < 1.29 is 9.18 Å². The van der Waals surface area contributed by atoms with Crippen LogP contribution in [0.15, 0.2) is 30.9 Å². The second kappa shape index (κ2) is 6.96. The van der Waals surface area contributed by atoms with Crippen LogP contribution in [0, 0.1) is 5.82 Å². The summed E-state index contributed by atoms with van der Waals surface area (Å²) < 4.78 is 12.9. The van der Waals surface area contributed by atoms with E-state index in [0.717, 1.165) is 11.5 Å². The molecule has 3 N–H and O–H groups in total. The minimum atomic E-state index is -0.511. The zero-order chi connectivity index (χ0) is 12.7. The number of benzene rings is 1. The maximum Gasteiger partial charge on any atom is 0.251 e. The summed E-state index contributed by atoms with van der Waals surface area (Å²) in [5.41, 5.74) is 5.74. The number of rotatable bonds is 6. The summed E-state index contributed by atoms with van der Waals surface area (Å²) in [5.74, 6) is 0.923. The molecule has 5 heteroatoms. The molecular weight excluding hydrogens is 239 g/mol. The van der Waals surface area contributed by atoms with Crippen LogP contribution in [-0.2, 0) is 0 Å². The highest BCUT2D eigenvalue weighted by molar-refractivity contribution is 7.99. The average Bonchev–Trinajstić information content (AvgIpc) is 2.32. The van der Waals surface area contributed by atoms with Gasteiger partial charge in [-0.1, -0.05) is 6.08 Å². The van der Waals surface area contributed by atoms with E-state index in [4.69, 9.17) is 5.73 Å². The molecular formula is C12H15FN2OS. The Morgan fingerprint density at radius 1 is 1.59 bits per heavy atom. The van der Waals surface area contributed by atoms with Crippen LogP contribution < -0.4 is 11.1 Å². The Balaban J connectivity index is 2.41. The van der Waals surface area contributed by atoms with Crippen LogP contribution >= 0.6 is 11.8 Å². The van der Waals surface area contributed by atoms with E-state index in [1.54, 1.807) is 11.8 Å². The summed E-state index contributed by atoms with van der Waals surface area (Å²) in [4.78, 5) is 11.6. The summed E-state index contributed by atoms with van der Waals surface area (Å²) in [6, 6.07) is 3.94. The molecule has 0 saturated carbocycles. The third-order valence-electron chi connectivity index (χ3n) is 2.03. The summed E-state index contributed by atoms with van der Waals surface area (Å²) in [7, 11) is 0. The molecule has 0 aliphatic heterocycles. The molecule has 0 radical (unpaired) electrons. The fourth-order valence-electron chi connectivity index (χ4n) is 1.19. The first-order chi connectivity index (χ1) is 8.15. The highest BCUT2D eigenvalue weighted by Gasteiger charge is 2.07. The number of hydrogen-bond donors (Lipinski definition) is 2. The first kappa shape index (κ1) is 13.6. The van der Waals surface area contributed by atoms with Gasteiger partial charge in [-0.25, -0.2) is 4.39 Å². The van der Waals surface area contributed by atoms with Gasteiger partial charge in [0.15, 0.2) is 0 Å². The lowest BCUT2D eigenvalue weighted by Crippen LogP contribution is -2.25. The number of carbonyl (C=O) groups excluding carboxylic acids is 1. The largest absolute Gasteiger partial charge is 0.396 e. The van der Waals surface area contributed by atoms with E-state index < -0.39 is 5.82 Å². The third-order valence-corrected chi connectivity index (χ3v) is 2.99. The van der Waals surface area contributed by atoms with Crippen LogP contribution in [0.1, 0.15) is 10.4 Å². The molecule has 0 saturated heterocycles. The number of halogens is 1. The summed E-state index contributed by atoms with van der Waals surface area (Å²) in [6.07, 6.45) is 1.81. The van der Waals surface area contributed by atoms with Gasteiger partial charge < -0.3 is 11.1 Å². The highest BCUT2D eigenvalue weighted by Crippen LogP contribution is 2.12. The minimum absolute atomic E-state index is 0.0151. The molecule has 0 aromatic heterocycles. The van der Waals surface area contributed by atoms with Crippen molar-refractivity contribution in [1.29, 1.82) is 0 Å². The van der Waals surface area contributed by atoms with Gasteiger partial charge in [-0.15, -0.1) is 6.58 Å². The molecule has 1 aromatic rings. The smallest absolute Gasteiger partial charge is 0.251 e. The molecule has 1 rings (SSSR count). The highest BCUT2D eigenvalue weighted by atomic mass is 32.2. The van der Waals surface area contributed by atoms with E-state index in [1.165, 1.54) is 18.2 Å². The van der Waals surface area contributed by atoms with Crippen molar-refractivity contribution >= 4 is 23.4 Å². The van der Waals surface area contributed by atoms with Gasteiger partial charge in [-0.2, -0.15) is 11.8 Å². The van der Waals surface area contributed by atoms with Gasteiger partial charge in [0.1, 0.15) is 5.82 Å². The van der Waals surface area contributed by atoms with Gasteiger partial charge >= 0.3 is 0 Å². The zero-order valence-electron chi connectivity index (χ0n) is 9.41. The van der Waals surface area contributed by atoms with Gasteiger partial charge in [-0.05, 0) is 18.2 Å². The number of nitrogen functional groups attached to an aromatic ring is 1. The van der Waals surface area contributed by atoms with E-state index in [0.29, 0.717) is 12.1 Å². The fourth-order valence-corrected chi connectivity index (χ4v) is 1.77. The normalized spacial score (nSPS) is 9.94. The predicted molar refractivity (Wildman–Crippen MR) is 70.7 cm³/mol. The molecule has 0 aliphatic carbocycles. The lowest BCUT2D eigenvalue weighted by Gasteiger charge is -2.05. The minimum Gasteiger partial charge on any atom is -0.396 e. The molecule has 1 amide bonds. The number of amides is 1. The summed E-state index contributed by atoms with van der Waals surface area (Å²) >= 11 is 1.68. The number of nitrogens with two attached hydrogens (primary N) is 1. The SMILES string of the molecule is C=CCSCCNC(=O)c1ccc(F)c(N)c1. The topological polar surface area (TPSA) is 55.1 Å². The van der Waals surface area contributed by atoms with Crippen LogP contribution in [0.25, 0.3) is 0 Å². The average molecular weight is 254 g/mol. The van der Waals surface area contributed by atoms with E-state index >= 15 is 0 Å². The molecule has 0 atom stereocenters. The van der Waals surface area contributed by atoms with Crippen molar-refractivity contribution in [3.05, 3.63) is 42.2 Å². The molecule has 0 fully saturated rings. The number of thioether (sulfide) groups is 1. The lowest BCUT2D eigenvalue weighted by molar-refractivity contribution is 0.0956. The Hall–Kier alpha value is -1.49. The Kier molecular flexibility index (Phi) is 5.56. The molecule has 3 nitrogen and oxygen atoms in total. The van der Waals surface area contributed by atoms with Gasteiger partial charge in [-0.3, -0.25) is 4.79 Å². The third kappa shape index (κ3) is 4.48. The van der Waals surface area contributed by atoms with E-state index in [9.17, 15) is 9.18 Å². The zero-order valence-corrected chi connectivity index (χ0v) is 10.2. The Bertz CT molecular complexity index is 409.